The summed E-state index contributed by atoms with van der Waals surface area (Å²) in [6.07, 6.45) is 5.03. The Balaban J connectivity index is 1.52. The van der Waals surface area contributed by atoms with Gasteiger partial charge < -0.3 is 14.8 Å². The normalized spacial score (nSPS) is 14.3. The number of anilines is 1. The number of nitrogens with one attached hydrogen (secondary N) is 1. The SMILES string of the molecule is COc1ccc(NC(=O)c2sccc2S(=O)(=O)N2CCCC2)cc1OCc1ccncc1. The molecule has 0 aliphatic carbocycles. The monoisotopic (exact) mass is 473 g/mol. The molecule has 1 fully saturated rings. The number of carbonyl (C=O) groups is 1. The third-order valence-electron chi connectivity index (χ3n) is 5.08. The van der Waals surface area contributed by atoms with Gasteiger partial charge in [-0.3, -0.25) is 9.78 Å². The van der Waals surface area contributed by atoms with Crippen molar-refractivity contribution in [3.63, 3.8) is 0 Å². The fourth-order valence-corrected chi connectivity index (χ4v) is 6.24. The van der Waals surface area contributed by atoms with Gasteiger partial charge in [0.05, 0.1) is 7.11 Å². The van der Waals surface area contributed by atoms with Gasteiger partial charge in [-0.2, -0.15) is 4.31 Å². The van der Waals surface area contributed by atoms with Crippen LogP contribution in [0.25, 0.3) is 0 Å². The molecule has 1 N–H and O–H groups in total. The smallest absolute Gasteiger partial charge is 0.267 e. The summed E-state index contributed by atoms with van der Waals surface area (Å²) >= 11 is 1.10. The van der Waals surface area contributed by atoms with Crippen molar-refractivity contribution >= 4 is 33.0 Å². The zero-order valence-electron chi connectivity index (χ0n) is 17.5. The fourth-order valence-electron chi connectivity index (χ4n) is 3.43. The van der Waals surface area contributed by atoms with Crippen LogP contribution in [0.15, 0.2) is 59.1 Å². The zero-order valence-corrected chi connectivity index (χ0v) is 19.1. The first kappa shape index (κ1) is 22.3. The van der Waals surface area contributed by atoms with Crippen LogP contribution < -0.4 is 14.8 Å². The van der Waals surface area contributed by atoms with Crippen LogP contribution in [-0.4, -0.2) is 43.8 Å². The predicted octanol–water partition coefficient (Wildman–Crippen LogP) is 3.77. The Kier molecular flexibility index (Phi) is 6.73. The van der Waals surface area contributed by atoms with E-state index in [-0.39, 0.29) is 9.77 Å². The number of methoxy groups -OCH3 is 1. The number of carbonyl (C=O) groups excluding carboxylic acids is 1. The minimum atomic E-state index is -3.69. The van der Waals surface area contributed by atoms with E-state index in [9.17, 15) is 13.2 Å². The van der Waals surface area contributed by atoms with E-state index in [1.54, 1.807) is 36.0 Å². The number of pyridine rings is 1. The molecule has 0 bridgehead atoms. The van der Waals surface area contributed by atoms with Crippen molar-refractivity contribution in [1.29, 1.82) is 0 Å². The lowest BCUT2D eigenvalue weighted by molar-refractivity contribution is 0.102. The molecule has 3 heterocycles. The summed E-state index contributed by atoms with van der Waals surface area (Å²) < 4.78 is 38.5. The molecule has 1 aromatic carbocycles. The van der Waals surface area contributed by atoms with Crippen molar-refractivity contribution < 1.29 is 22.7 Å². The molecular weight excluding hydrogens is 450 g/mol. The summed E-state index contributed by atoms with van der Waals surface area (Å²) in [6, 6.07) is 10.2. The van der Waals surface area contributed by atoms with Gasteiger partial charge in [0, 0.05) is 37.2 Å². The maximum atomic E-state index is 12.9. The highest BCUT2D eigenvalue weighted by atomic mass is 32.2. The number of amides is 1. The minimum Gasteiger partial charge on any atom is -0.493 e. The number of hydrogen-bond acceptors (Lipinski definition) is 7. The van der Waals surface area contributed by atoms with Gasteiger partial charge in [-0.05, 0) is 54.1 Å². The molecule has 1 aliphatic rings. The lowest BCUT2D eigenvalue weighted by Crippen LogP contribution is -2.29. The maximum absolute atomic E-state index is 12.9. The van der Waals surface area contributed by atoms with Crippen molar-refractivity contribution in [3.8, 4) is 11.5 Å². The summed E-state index contributed by atoms with van der Waals surface area (Å²) in [5.74, 6) is 0.492. The molecule has 0 atom stereocenters. The second-order valence-electron chi connectivity index (χ2n) is 7.19. The highest BCUT2D eigenvalue weighted by Gasteiger charge is 2.31. The molecule has 3 aromatic rings. The third-order valence-corrected chi connectivity index (χ3v) is 8.07. The lowest BCUT2D eigenvalue weighted by atomic mass is 10.2. The van der Waals surface area contributed by atoms with E-state index in [4.69, 9.17) is 9.47 Å². The summed E-state index contributed by atoms with van der Waals surface area (Å²) in [7, 11) is -2.15. The standard InChI is InChI=1S/C22H23N3O5S2/c1-29-18-5-4-17(14-19(18)30-15-16-6-9-23-10-7-16)24-22(26)21-20(8-13-31-21)32(27,28)25-11-2-3-12-25/h4-10,13-14H,2-3,11-12,15H2,1H3,(H,24,26). The number of aromatic nitrogens is 1. The largest absolute Gasteiger partial charge is 0.493 e. The summed E-state index contributed by atoms with van der Waals surface area (Å²) in [4.78, 5) is 17.1. The molecular formula is C22H23N3O5S2. The highest BCUT2D eigenvalue weighted by Crippen LogP contribution is 2.32. The molecule has 0 radical (unpaired) electrons. The summed E-state index contributed by atoms with van der Waals surface area (Å²) in [6.45, 7) is 1.27. The van der Waals surface area contributed by atoms with E-state index >= 15 is 0 Å². The van der Waals surface area contributed by atoms with E-state index in [2.05, 4.69) is 10.3 Å². The van der Waals surface area contributed by atoms with Gasteiger partial charge in [0.25, 0.3) is 5.91 Å². The van der Waals surface area contributed by atoms with E-state index < -0.39 is 15.9 Å². The van der Waals surface area contributed by atoms with Gasteiger partial charge in [-0.15, -0.1) is 11.3 Å². The van der Waals surface area contributed by atoms with Crippen LogP contribution in [0.4, 0.5) is 5.69 Å². The first-order valence-corrected chi connectivity index (χ1v) is 12.4. The van der Waals surface area contributed by atoms with Gasteiger partial charge in [0.2, 0.25) is 10.0 Å². The molecule has 0 saturated carbocycles. The van der Waals surface area contributed by atoms with Crippen molar-refractivity contribution in [2.75, 3.05) is 25.5 Å². The first-order valence-electron chi connectivity index (χ1n) is 10.1. The second-order valence-corrected chi connectivity index (χ2v) is 10.0. The number of benzene rings is 1. The lowest BCUT2D eigenvalue weighted by Gasteiger charge is -2.16. The number of rotatable bonds is 8. The topological polar surface area (TPSA) is 97.8 Å². The molecule has 1 amide bonds. The van der Waals surface area contributed by atoms with Gasteiger partial charge >= 0.3 is 0 Å². The van der Waals surface area contributed by atoms with E-state index in [1.807, 2.05) is 12.1 Å². The van der Waals surface area contributed by atoms with Crippen LogP contribution in [0, 0.1) is 0 Å². The Morgan fingerprint density at radius 3 is 2.59 bits per heavy atom. The number of sulfonamides is 1. The predicted molar refractivity (Wildman–Crippen MR) is 122 cm³/mol. The molecule has 0 unspecified atom stereocenters. The Labute approximate surface area is 190 Å². The Morgan fingerprint density at radius 2 is 1.88 bits per heavy atom. The minimum absolute atomic E-state index is 0.0459. The number of hydrogen-bond donors (Lipinski definition) is 1. The summed E-state index contributed by atoms with van der Waals surface area (Å²) in [5, 5.41) is 4.40. The number of thiophene rings is 1. The Hall–Kier alpha value is -2.95. The molecule has 8 nitrogen and oxygen atoms in total. The van der Waals surface area contributed by atoms with Crippen LogP contribution >= 0.6 is 11.3 Å². The Morgan fingerprint density at radius 1 is 1.12 bits per heavy atom. The van der Waals surface area contributed by atoms with Crippen LogP contribution in [-0.2, 0) is 16.6 Å². The van der Waals surface area contributed by atoms with Crippen molar-refractivity contribution in [2.24, 2.45) is 0 Å². The first-order chi connectivity index (χ1) is 15.5. The number of ether oxygens (including phenoxy) is 2. The maximum Gasteiger partial charge on any atom is 0.267 e. The van der Waals surface area contributed by atoms with Crippen molar-refractivity contribution in [2.45, 2.75) is 24.3 Å². The van der Waals surface area contributed by atoms with Gasteiger partial charge in [-0.1, -0.05) is 0 Å². The van der Waals surface area contributed by atoms with Crippen LogP contribution in [0.2, 0.25) is 0 Å². The molecule has 4 rings (SSSR count). The van der Waals surface area contributed by atoms with Gasteiger partial charge in [-0.25, -0.2) is 8.42 Å². The molecule has 1 saturated heterocycles. The van der Waals surface area contributed by atoms with E-state index in [1.165, 1.54) is 17.5 Å². The van der Waals surface area contributed by atoms with Crippen molar-refractivity contribution in [1.82, 2.24) is 9.29 Å². The molecule has 168 valence electrons. The van der Waals surface area contributed by atoms with Crippen LogP contribution in [0.1, 0.15) is 28.1 Å². The molecule has 1 aliphatic heterocycles. The molecule has 10 heteroatoms. The number of nitrogens with zero attached hydrogens (tertiary/aromatic N) is 2. The molecule has 32 heavy (non-hydrogen) atoms. The third kappa shape index (κ3) is 4.77. The Bertz CT molecular complexity index is 1190. The van der Waals surface area contributed by atoms with E-state index in [0.29, 0.717) is 36.9 Å². The summed E-state index contributed by atoms with van der Waals surface area (Å²) in [5.41, 5.74) is 1.41. The van der Waals surface area contributed by atoms with Crippen molar-refractivity contribution in [3.05, 3.63) is 64.6 Å². The van der Waals surface area contributed by atoms with E-state index in [0.717, 1.165) is 29.7 Å². The highest BCUT2D eigenvalue weighted by molar-refractivity contribution is 7.89. The fraction of sp³-hybridized carbons (Fsp3) is 0.273. The average molecular weight is 474 g/mol. The van der Waals surface area contributed by atoms with Crippen LogP contribution in [0.5, 0.6) is 11.5 Å². The average Bonchev–Trinajstić information content (AvgIpc) is 3.51. The molecule has 0 spiro atoms. The van der Waals surface area contributed by atoms with Gasteiger partial charge in [0.1, 0.15) is 16.4 Å². The van der Waals surface area contributed by atoms with Crippen LogP contribution in [0.3, 0.4) is 0 Å². The molecule has 2 aromatic heterocycles. The quantitative estimate of drug-likeness (QED) is 0.535. The van der Waals surface area contributed by atoms with Gasteiger partial charge in [0.15, 0.2) is 11.5 Å². The second kappa shape index (κ2) is 9.68. The zero-order chi connectivity index (χ0) is 22.6.